The molecule has 2 fully saturated rings. The molecule has 3 N–H and O–H groups in total. The first-order chi connectivity index (χ1) is 20.9. The summed E-state index contributed by atoms with van der Waals surface area (Å²) in [6.45, 7) is 7.25. The number of rotatable bonds is 7. The standard InChI is InChI=1S/C30H33ClF3N5O5S/c1-16(37-45(43,44)24-10-9-18(12-21(24)31)30(32,33)34)27(41)38-14-20-13-19(38)15-39(20)28(42)25(29(2,3)4)36-26(40)23-11-17-7-5-6-8-22(17)35-23/h5-12,16,19-20,25,35,37H,13-15H2,1-4H3,(H,36,40)/t16-,19-,20-,25+/m0/s1. The maximum Gasteiger partial charge on any atom is 0.416 e. The highest BCUT2D eigenvalue weighted by atomic mass is 35.5. The van der Waals surface area contributed by atoms with Gasteiger partial charge in [-0.2, -0.15) is 17.9 Å². The molecular weight excluding hydrogens is 635 g/mol. The molecule has 0 saturated carbocycles. The summed E-state index contributed by atoms with van der Waals surface area (Å²) in [7, 11) is -4.44. The summed E-state index contributed by atoms with van der Waals surface area (Å²) >= 11 is 5.87. The number of aromatic amines is 1. The highest BCUT2D eigenvalue weighted by Gasteiger charge is 2.50. The van der Waals surface area contributed by atoms with Crippen LogP contribution in [0.2, 0.25) is 5.02 Å². The summed E-state index contributed by atoms with van der Waals surface area (Å²) in [6, 6.07) is 8.18. The van der Waals surface area contributed by atoms with E-state index in [4.69, 9.17) is 11.6 Å². The summed E-state index contributed by atoms with van der Waals surface area (Å²) in [5.74, 6) is -1.24. The van der Waals surface area contributed by atoms with Crippen molar-refractivity contribution >= 4 is 50.2 Å². The summed E-state index contributed by atoms with van der Waals surface area (Å²) in [5.41, 5.74) is -0.620. The minimum atomic E-state index is -4.71. The van der Waals surface area contributed by atoms with Crippen LogP contribution in [-0.2, 0) is 25.8 Å². The van der Waals surface area contributed by atoms with Crippen LogP contribution in [0.1, 0.15) is 50.2 Å². The second-order valence-electron chi connectivity index (χ2n) is 12.6. The van der Waals surface area contributed by atoms with Crippen LogP contribution < -0.4 is 10.0 Å². The summed E-state index contributed by atoms with van der Waals surface area (Å²) in [4.78, 5) is 46.0. The molecule has 1 aromatic heterocycles. The van der Waals surface area contributed by atoms with E-state index in [1.165, 1.54) is 11.8 Å². The minimum absolute atomic E-state index is 0.162. The normalized spacial score (nSPS) is 20.0. The number of carbonyl (C=O) groups excluding carboxylic acids is 3. The Balaban J connectivity index is 1.24. The zero-order chi connectivity index (χ0) is 33.1. The van der Waals surface area contributed by atoms with E-state index in [1.807, 2.05) is 45.0 Å². The van der Waals surface area contributed by atoms with Gasteiger partial charge >= 0.3 is 6.18 Å². The van der Waals surface area contributed by atoms with Gasteiger partial charge in [0.1, 0.15) is 16.6 Å². The fourth-order valence-corrected chi connectivity index (χ4v) is 7.66. The zero-order valence-corrected chi connectivity index (χ0v) is 26.5. The number of sulfonamides is 1. The first-order valence-electron chi connectivity index (χ1n) is 14.3. The molecule has 242 valence electrons. The zero-order valence-electron chi connectivity index (χ0n) is 24.9. The number of alkyl halides is 3. The Hall–Kier alpha value is -3.62. The van der Waals surface area contributed by atoms with Crippen LogP contribution in [0.5, 0.6) is 0 Å². The molecule has 2 aliphatic rings. The summed E-state index contributed by atoms with van der Waals surface area (Å²) < 4.78 is 67.0. The third-order valence-corrected chi connectivity index (χ3v) is 10.2. The van der Waals surface area contributed by atoms with Crippen molar-refractivity contribution in [1.29, 1.82) is 0 Å². The van der Waals surface area contributed by atoms with E-state index >= 15 is 0 Å². The number of para-hydroxylation sites is 1. The molecule has 3 amide bonds. The lowest BCUT2D eigenvalue weighted by atomic mass is 9.85. The minimum Gasteiger partial charge on any atom is -0.351 e. The first kappa shape index (κ1) is 32.8. The average Bonchev–Trinajstić information content (AvgIpc) is 3.68. The quantitative estimate of drug-likeness (QED) is 0.348. The van der Waals surface area contributed by atoms with Gasteiger partial charge in [-0.3, -0.25) is 14.4 Å². The molecule has 0 radical (unpaired) electrons. The van der Waals surface area contributed by atoms with Crippen LogP contribution in [0.3, 0.4) is 0 Å². The van der Waals surface area contributed by atoms with E-state index in [9.17, 15) is 36.0 Å². The average molecular weight is 668 g/mol. The summed E-state index contributed by atoms with van der Waals surface area (Å²) in [6.07, 6.45) is -4.22. The maximum atomic E-state index is 13.8. The molecule has 45 heavy (non-hydrogen) atoms. The molecule has 0 aliphatic carbocycles. The molecule has 3 heterocycles. The number of aromatic nitrogens is 1. The Morgan fingerprint density at radius 2 is 1.60 bits per heavy atom. The molecule has 10 nitrogen and oxygen atoms in total. The van der Waals surface area contributed by atoms with Crippen molar-refractivity contribution in [2.45, 2.75) is 69.4 Å². The van der Waals surface area contributed by atoms with Crippen LogP contribution in [0, 0.1) is 5.41 Å². The molecule has 3 aromatic rings. The molecule has 2 aromatic carbocycles. The number of nitrogens with zero attached hydrogens (tertiary/aromatic N) is 2. The van der Waals surface area contributed by atoms with Crippen LogP contribution in [0.15, 0.2) is 53.4 Å². The van der Waals surface area contributed by atoms with Crippen molar-refractivity contribution in [3.8, 4) is 0 Å². The number of benzene rings is 2. The Morgan fingerprint density at radius 3 is 2.16 bits per heavy atom. The number of piperazine rings is 1. The number of fused-ring (bicyclic) bond motifs is 3. The van der Waals surface area contributed by atoms with Crippen LogP contribution in [0.4, 0.5) is 13.2 Å². The lowest BCUT2D eigenvalue weighted by molar-refractivity contribution is -0.143. The maximum absolute atomic E-state index is 13.8. The number of likely N-dealkylation sites (tertiary alicyclic amines) is 2. The van der Waals surface area contributed by atoms with Gasteiger partial charge < -0.3 is 20.1 Å². The number of H-pyrrole nitrogens is 1. The fourth-order valence-electron chi connectivity index (χ4n) is 5.92. The van der Waals surface area contributed by atoms with Crippen LogP contribution >= 0.6 is 11.6 Å². The van der Waals surface area contributed by atoms with Crippen molar-refractivity contribution < 1.29 is 36.0 Å². The predicted octanol–water partition coefficient (Wildman–Crippen LogP) is 4.16. The number of carbonyl (C=O) groups is 3. The number of nitrogens with one attached hydrogen (secondary N) is 3. The molecule has 15 heteroatoms. The number of amides is 3. The number of halogens is 4. The van der Waals surface area contributed by atoms with Crippen LogP contribution in [-0.4, -0.2) is 78.2 Å². The Kier molecular flexibility index (Phi) is 8.47. The second-order valence-corrected chi connectivity index (χ2v) is 14.6. The molecule has 2 bridgehead atoms. The van der Waals surface area contributed by atoms with Gasteiger partial charge in [0.15, 0.2) is 0 Å². The molecular formula is C30H33ClF3N5O5S. The van der Waals surface area contributed by atoms with Crippen LogP contribution in [0.25, 0.3) is 10.9 Å². The predicted molar refractivity (Wildman–Crippen MR) is 161 cm³/mol. The Labute approximate surface area is 263 Å². The molecule has 2 saturated heterocycles. The number of hydrogen-bond acceptors (Lipinski definition) is 5. The summed E-state index contributed by atoms with van der Waals surface area (Å²) in [5, 5.41) is 3.12. The van der Waals surface area contributed by atoms with Crippen molar-refractivity contribution in [2.24, 2.45) is 5.41 Å². The van der Waals surface area contributed by atoms with Crippen molar-refractivity contribution in [1.82, 2.24) is 24.8 Å². The van der Waals surface area contributed by atoms with Gasteiger partial charge in [-0.05, 0) is 49.1 Å². The molecule has 4 atom stereocenters. The fraction of sp³-hybridized carbons (Fsp3) is 0.433. The lowest BCUT2D eigenvalue weighted by Crippen LogP contribution is -2.60. The van der Waals surface area contributed by atoms with E-state index in [1.54, 1.807) is 11.0 Å². The second kappa shape index (κ2) is 11.6. The topological polar surface area (TPSA) is 132 Å². The monoisotopic (exact) mass is 667 g/mol. The smallest absolute Gasteiger partial charge is 0.351 e. The van der Waals surface area contributed by atoms with Gasteiger partial charge in [-0.25, -0.2) is 8.42 Å². The van der Waals surface area contributed by atoms with E-state index in [0.717, 1.165) is 17.0 Å². The van der Waals surface area contributed by atoms with E-state index in [0.29, 0.717) is 24.2 Å². The van der Waals surface area contributed by atoms with E-state index < -0.39 is 61.0 Å². The largest absolute Gasteiger partial charge is 0.416 e. The van der Waals surface area contributed by atoms with Gasteiger partial charge in [0, 0.05) is 24.0 Å². The van der Waals surface area contributed by atoms with E-state index in [-0.39, 0.29) is 31.1 Å². The van der Waals surface area contributed by atoms with Crippen molar-refractivity contribution in [2.75, 3.05) is 13.1 Å². The highest BCUT2D eigenvalue weighted by Crippen LogP contribution is 2.35. The molecule has 0 spiro atoms. The van der Waals surface area contributed by atoms with Gasteiger partial charge in [-0.1, -0.05) is 50.6 Å². The third kappa shape index (κ3) is 6.54. The lowest BCUT2D eigenvalue weighted by Gasteiger charge is -2.39. The van der Waals surface area contributed by atoms with Crippen molar-refractivity contribution in [3.05, 3.63) is 64.8 Å². The van der Waals surface area contributed by atoms with Gasteiger partial charge in [-0.15, -0.1) is 0 Å². The Bertz CT molecular complexity index is 1740. The van der Waals surface area contributed by atoms with E-state index in [2.05, 4.69) is 15.0 Å². The van der Waals surface area contributed by atoms with Gasteiger partial charge in [0.05, 0.1) is 28.7 Å². The van der Waals surface area contributed by atoms with Gasteiger partial charge in [0.25, 0.3) is 5.91 Å². The van der Waals surface area contributed by atoms with Gasteiger partial charge in [0.2, 0.25) is 21.8 Å². The molecule has 5 rings (SSSR count). The highest BCUT2D eigenvalue weighted by molar-refractivity contribution is 7.89. The Morgan fingerprint density at radius 1 is 0.978 bits per heavy atom. The first-order valence-corrected chi connectivity index (χ1v) is 16.1. The van der Waals surface area contributed by atoms with Crippen molar-refractivity contribution in [3.63, 3.8) is 0 Å². The molecule has 2 aliphatic heterocycles. The SMILES string of the molecule is C[C@H](NS(=O)(=O)c1ccc(C(F)(F)F)cc1Cl)C(=O)N1C[C@@H]2C[C@H]1CN2C(=O)[C@@H](NC(=O)c1cc2ccccc2[nH]1)C(C)(C)C. The number of hydrogen-bond donors (Lipinski definition) is 3. The molecule has 0 unspecified atom stereocenters. The third-order valence-electron chi connectivity index (χ3n) is 8.22.